The van der Waals surface area contributed by atoms with Crippen LogP contribution in [0.2, 0.25) is 10.0 Å². The molecule has 3 rings (SSSR count). The van der Waals surface area contributed by atoms with Crippen molar-refractivity contribution in [1.29, 1.82) is 0 Å². The number of aryl methyl sites for hydroxylation is 1. The molecule has 1 heterocycles. The van der Waals surface area contributed by atoms with E-state index in [0.29, 0.717) is 26.2 Å². The lowest BCUT2D eigenvalue weighted by Crippen LogP contribution is -2.49. The molecule has 126 valence electrons. The largest absolute Gasteiger partial charge is 0.368 e. The van der Waals surface area contributed by atoms with E-state index in [-0.39, 0.29) is 16.5 Å². The quantitative estimate of drug-likeness (QED) is 0.785. The summed E-state index contributed by atoms with van der Waals surface area (Å²) in [4.78, 5) is 16.3. The SMILES string of the molecule is Cc1ccc(N2CCN(C(=O)c3c(F)cccc3Cl)CC2)cc1Cl. The van der Waals surface area contributed by atoms with E-state index in [1.165, 1.54) is 18.2 Å². The van der Waals surface area contributed by atoms with E-state index >= 15 is 0 Å². The van der Waals surface area contributed by atoms with E-state index in [9.17, 15) is 9.18 Å². The van der Waals surface area contributed by atoms with E-state index in [0.717, 1.165) is 16.3 Å². The van der Waals surface area contributed by atoms with Crippen molar-refractivity contribution in [1.82, 2.24) is 4.90 Å². The van der Waals surface area contributed by atoms with Crippen LogP contribution < -0.4 is 4.90 Å². The van der Waals surface area contributed by atoms with Crippen LogP contribution in [0, 0.1) is 12.7 Å². The molecule has 0 spiro atoms. The lowest BCUT2D eigenvalue weighted by molar-refractivity contribution is 0.0742. The maximum Gasteiger partial charge on any atom is 0.258 e. The highest BCUT2D eigenvalue weighted by Gasteiger charge is 2.26. The van der Waals surface area contributed by atoms with Gasteiger partial charge < -0.3 is 9.80 Å². The first kappa shape index (κ1) is 17.1. The molecule has 2 aromatic rings. The van der Waals surface area contributed by atoms with Crippen LogP contribution in [0.3, 0.4) is 0 Å². The predicted molar refractivity (Wildman–Crippen MR) is 95.7 cm³/mol. The second-order valence-corrected chi connectivity index (χ2v) is 6.62. The van der Waals surface area contributed by atoms with Crippen LogP contribution in [0.25, 0.3) is 0 Å². The first-order chi connectivity index (χ1) is 11.5. The minimum absolute atomic E-state index is 0.0500. The smallest absolute Gasteiger partial charge is 0.258 e. The Morgan fingerprint density at radius 1 is 1.04 bits per heavy atom. The summed E-state index contributed by atoms with van der Waals surface area (Å²) in [6.45, 7) is 4.30. The van der Waals surface area contributed by atoms with Crippen LogP contribution in [-0.2, 0) is 0 Å². The highest BCUT2D eigenvalue weighted by atomic mass is 35.5. The third kappa shape index (κ3) is 3.35. The Labute approximate surface area is 150 Å². The number of hydrogen-bond donors (Lipinski definition) is 0. The number of halogens is 3. The highest BCUT2D eigenvalue weighted by Crippen LogP contribution is 2.25. The minimum atomic E-state index is -0.583. The number of carbonyl (C=O) groups is 1. The van der Waals surface area contributed by atoms with Crippen molar-refractivity contribution in [2.24, 2.45) is 0 Å². The van der Waals surface area contributed by atoms with Crippen LogP contribution >= 0.6 is 23.2 Å². The van der Waals surface area contributed by atoms with E-state index in [4.69, 9.17) is 23.2 Å². The predicted octanol–water partition coefficient (Wildman–Crippen LogP) is 4.40. The fourth-order valence-corrected chi connectivity index (χ4v) is 3.23. The molecule has 0 saturated carbocycles. The van der Waals surface area contributed by atoms with Crippen molar-refractivity contribution in [2.75, 3.05) is 31.1 Å². The van der Waals surface area contributed by atoms with Crippen molar-refractivity contribution >= 4 is 34.8 Å². The molecule has 3 nitrogen and oxygen atoms in total. The number of benzene rings is 2. The molecule has 1 saturated heterocycles. The summed E-state index contributed by atoms with van der Waals surface area (Å²) in [5.41, 5.74) is 2.01. The number of hydrogen-bond acceptors (Lipinski definition) is 2. The van der Waals surface area contributed by atoms with E-state index in [1.807, 2.05) is 25.1 Å². The molecule has 1 amide bonds. The van der Waals surface area contributed by atoms with Gasteiger partial charge in [-0.05, 0) is 36.8 Å². The molecule has 0 bridgehead atoms. The molecule has 1 aliphatic heterocycles. The zero-order chi connectivity index (χ0) is 17.3. The molecule has 1 fully saturated rings. The summed E-state index contributed by atoms with van der Waals surface area (Å²) in [6, 6.07) is 10.2. The van der Waals surface area contributed by atoms with Gasteiger partial charge in [0.2, 0.25) is 0 Å². The molecule has 0 unspecified atom stereocenters. The van der Waals surface area contributed by atoms with E-state index < -0.39 is 5.82 Å². The number of rotatable bonds is 2. The standard InChI is InChI=1S/C18H17Cl2FN2O/c1-12-5-6-13(11-15(12)20)22-7-9-23(10-8-22)18(24)17-14(19)3-2-4-16(17)21/h2-6,11H,7-10H2,1H3. The average Bonchev–Trinajstić information content (AvgIpc) is 2.57. The van der Waals surface area contributed by atoms with E-state index in [2.05, 4.69) is 4.90 Å². The molecule has 0 atom stereocenters. The van der Waals surface area contributed by atoms with Gasteiger partial charge in [-0.25, -0.2) is 4.39 Å². The highest BCUT2D eigenvalue weighted by molar-refractivity contribution is 6.33. The Bertz CT molecular complexity index is 753. The van der Waals surface area contributed by atoms with Gasteiger partial charge in [0.15, 0.2) is 0 Å². The van der Waals surface area contributed by atoms with Gasteiger partial charge in [-0.2, -0.15) is 0 Å². The van der Waals surface area contributed by atoms with Crippen LogP contribution in [0.5, 0.6) is 0 Å². The normalized spacial score (nSPS) is 14.8. The Morgan fingerprint density at radius 2 is 1.75 bits per heavy atom. The summed E-state index contributed by atoms with van der Waals surface area (Å²) in [7, 11) is 0. The molecule has 6 heteroatoms. The maximum atomic E-state index is 13.9. The Balaban J connectivity index is 1.70. The van der Waals surface area contributed by atoms with Crippen molar-refractivity contribution in [3.63, 3.8) is 0 Å². The summed E-state index contributed by atoms with van der Waals surface area (Å²) >= 11 is 12.2. The summed E-state index contributed by atoms with van der Waals surface area (Å²) < 4.78 is 13.9. The molecule has 1 aliphatic rings. The lowest BCUT2D eigenvalue weighted by atomic mass is 10.1. The van der Waals surface area contributed by atoms with Crippen molar-refractivity contribution in [3.05, 3.63) is 63.4 Å². The average molecular weight is 367 g/mol. The van der Waals surface area contributed by atoms with Gasteiger partial charge in [-0.3, -0.25) is 4.79 Å². The third-order valence-corrected chi connectivity index (χ3v) is 4.99. The van der Waals surface area contributed by atoms with Gasteiger partial charge in [-0.1, -0.05) is 35.3 Å². The first-order valence-corrected chi connectivity index (χ1v) is 8.47. The second kappa shape index (κ2) is 6.99. The molecule has 2 aromatic carbocycles. The zero-order valence-electron chi connectivity index (χ0n) is 13.2. The van der Waals surface area contributed by atoms with E-state index in [1.54, 1.807) is 4.90 Å². The number of piperazine rings is 1. The Kier molecular flexibility index (Phi) is 4.97. The van der Waals surface area contributed by atoms with Gasteiger partial charge in [0.1, 0.15) is 5.82 Å². The zero-order valence-corrected chi connectivity index (χ0v) is 14.7. The Hall–Kier alpha value is -1.78. The topological polar surface area (TPSA) is 23.6 Å². The number of amides is 1. The molecule has 0 aromatic heterocycles. The summed E-state index contributed by atoms with van der Waals surface area (Å²) in [5.74, 6) is -0.945. The Morgan fingerprint density at radius 3 is 2.38 bits per heavy atom. The van der Waals surface area contributed by atoms with Gasteiger partial charge in [0.05, 0.1) is 10.6 Å². The molecule has 0 aliphatic carbocycles. The fraction of sp³-hybridized carbons (Fsp3) is 0.278. The van der Waals surface area contributed by atoms with Gasteiger partial charge in [-0.15, -0.1) is 0 Å². The van der Waals surface area contributed by atoms with Crippen LogP contribution in [0.15, 0.2) is 36.4 Å². The van der Waals surface area contributed by atoms with Crippen molar-refractivity contribution in [2.45, 2.75) is 6.92 Å². The molecule has 0 radical (unpaired) electrons. The fourth-order valence-electron chi connectivity index (χ4n) is 2.81. The van der Waals surface area contributed by atoms with Gasteiger partial charge in [0, 0.05) is 36.9 Å². The van der Waals surface area contributed by atoms with Crippen molar-refractivity contribution < 1.29 is 9.18 Å². The summed E-state index contributed by atoms with van der Waals surface area (Å²) in [5, 5.41) is 0.872. The maximum absolute atomic E-state index is 13.9. The molecular formula is C18H17Cl2FN2O. The van der Waals surface area contributed by atoms with Crippen LogP contribution in [0.1, 0.15) is 15.9 Å². The minimum Gasteiger partial charge on any atom is -0.368 e. The van der Waals surface area contributed by atoms with Gasteiger partial charge >= 0.3 is 0 Å². The van der Waals surface area contributed by atoms with Crippen molar-refractivity contribution in [3.8, 4) is 0 Å². The monoisotopic (exact) mass is 366 g/mol. The molecular weight excluding hydrogens is 350 g/mol. The number of carbonyl (C=O) groups excluding carboxylic acids is 1. The van der Waals surface area contributed by atoms with Crippen LogP contribution in [0.4, 0.5) is 10.1 Å². The summed E-state index contributed by atoms with van der Waals surface area (Å²) in [6.07, 6.45) is 0. The first-order valence-electron chi connectivity index (χ1n) is 7.72. The molecule has 0 N–H and O–H groups in total. The number of nitrogens with zero attached hydrogens (tertiary/aromatic N) is 2. The van der Waals surface area contributed by atoms with Crippen LogP contribution in [-0.4, -0.2) is 37.0 Å². The second-order valence-electron chi connectivity index (χ2n) is 5.81. The molecule has 24 heavy (non-hydrogen) atoms. The number of anilines is 1. The third-order valence-electron chi connectivity index (χ3n) is 4.26. The van der Waals surface area contributed by atoms with Gasteiger partial charge in [0.25, 0.3) is 5.91 Å². The lowest BCUT2D eigenvalue weighted by Gasteiger charge is -2.36.